The van der Waals surface area contributed by atoms with Gasteiger partial charge in [0.25, 0.3) is 0 Å². The summed E-state index contributed by atoms with van der Waals surface area (Å²) in [5.41, 5.74) is -3.67. The van der Waals surface area contributed by atoms with E-state index in [4.69, 9.17) is 32.1 Å². The molecule has 0 atom stereocenters. The molecule has 0 amide bonds. The van der Waals surface area contributed by atoms with Crippen LogP contribution in [0.2, 0.25) is 0 Å². The molecule has 0 unspecified atom stereocenters. The highest BCUT2D eigenvalue weighted by Crippen LogP contribution is 2.44. The van der Waals surface area contributed by atoms with Gasteiger partial charge in [0.05, 0.1) is 39.9 Å². The van der Waals surface area contributed by atoms with Gasteiger partial charge in [-0.25, -0.2) is 0 Å². The van der Waals surface area contributed by atoms with Crippen LogP contribution in [-0.2, 0) is 0 Å². The smallest absolute Gasteiger partial charge is 0.137 e. The van der Waals surface area contributed by atoms with Crippen molar-refractivity contribution >= 4 is 82.5 Å². The Morgan fingerprint density at radius 1 is 0.439 bits per heavy atom. The summed E-state index contributed by atoms with van der Waals surface area (Å²) >= 11 is 0. The summed E-state index contributed by atoms with van der Waals surface area (Å²) in [7, 11) is 0. The van der Waals surface area contributed by atoms with Crippen molar-refractivity contribution in [1.82, 2.24) is 0 Å². The summed E-state index contributed by atoms with van der Waals surface area (Å²) in [6.07, 6.45) is 0. The zero-order chi connectivity index (χ0) is 45.2. The zero-order valence-electron chi connectivity index (χ0n) is 41.4. The van der Waals surface area contributed by atoms with E-state index in [1.807, 2.05) is 0 Å². The number of rotatable bonds is 3. The summed E-state index contributed by atoms with van der Waals surface area (Å²) < 4.78 is 197. The van der Waals surface area contributed by atoms with E-state index in [-0.39, 0.29) is 26.9 Å². The highest BCUT2D eigenvalue weighted by Gasteiger charge is 2.20. The third-order valence-corrected chi connectivity index (χ3v) is 6.68. The number of hydrogen-bond donors (Lipinski definition) is 0. The van der Waals surface area contributed by atoms with Gasteiger partial charge in [-0.15, -0.1) is 0 Å². The molecule has 0 saturated carbocycles. The molecule has 0 fully saturated rings. The molecule has 0 aliphatic rings. The van der Waals surface area contributed by atoms with Gasteiger partial charge in [-0.3, -0.25) is 0 Å². The number of furan rings is 2. The van der Waals surface area contributed by atoms with Crippen molar-refractivity contribution in [2.24, 2.45) is 0 Å². The second kappa shape index (κ2) is 8.48. The lowest BCUT2D eigenvalue weighted by Gasteiger charge is -2.26. The van der Waals surface area contributed by atoms with Crippen LogP contribution >= 0.6 is 0 Å². The van der Waals surface area contributed by atoms with Crippen molar-refractivity contribution < 1.29 is 37.6 Å². The van der Waals surface area contributed by atoms with E-state index in [1.54, 1.807) is 0 Å². The summed E-state index contributed by atoms with van der Waals surface area (Å²) in [6, 6.07) is -13.0. The number of fused-ring (bicyclic) bond motifs is 9. The molecular formula is C38H23NO2. The number of para-hydroxylation sites is 3. The molecule has 41 heavy (non-hydrogen) atoms. The first-order valence-corrected chi connectivity index (χ1v) is 12.1. The van der Waals surface area contributed by atoms with E-state index in [1.165, 1.54) is 6.07 Å². The fourth-order valence-electron chi connectivity index (χ4n) is 4.94. The molecule has 3 heteroatoms. The second-order valence-corrected chi connectivity index (χ2v) is 8.94. The zero-order valence-corrected chi connectivity index (χ0v) is 20.4. The van der Waals surface area contributed by atoms with Crippen molar-refractivity contribution in [3.05, 3.63) is 139 Å². The topological polar surface area (TPSA) is 29.5 Å². The van der Waals surface area contributed by atoms with Crippen molar-refractivity contribution in [2.75, 3.05) is 4.90 Å². The molecule has 2 heterocycles. The standard InChI is InChI=1S/C38H23NO2/c1-2-9-26(10-3-1)39(33-13-8-16-36-38(33)29-12-5-7-15-35(29)40-36)27-20-19-24-17-18-25-21-37-32(23-31(25)30(24)22-27)28-11-4-6-14-34(28)41-37/h1-23H/i1D,2D,3D,4D,5D,6D,7D,8D,9D,10D,11D,12D,13D,14D,15D,16D,17D,18D,21D,22D,23D. The largest absolute Gasteiger partial charge is 0.456 e. The number of nitrogens with zero attached hydrogens (tertiary/aromatic N) is 1. The molecule has 0 radical (unpaired) electrons. The van der Waals surface area contributed by atoms with Gasteiger partial charge >= 0.3 is 0 Å². The Labute approximate surface area is 264 Å². The Morgan fingerprint density at radius 3 is 2.00 bits per heavy atom. The van der Waals surface area contributed by atoms with Gasteiger partial charge in [-0.2, -0.15) is 0 Å². The maximum Gasteiger partial charge on any atom is 0.137 e. The summed E-state index contributed by atoms with van der Waals surface area (Å²) in [5.74, 6) is 0. The van der Waals surface area contributed by atoms with Crippen LogP contribution in [0.4, 0.5) is 17.1 Å². The van der Waals surface area contributed by atoms with Gasteiger partial charge in [-0.1, -0.05) is 78.6 Å². The minimum absolute atomic E-state index is 0.166. The van der Waals surface area contributed by atoms with Crippen LogP contribution in [0.1, 0.15) is 28.8 Å². The SMILES string of the molecule is [2H]c1c([2H])c([2H])c(N(c2ccc3c([2H])c([2H])c4c([2H])c5oc6c([2H])c([2H])c([2H])c([2H])c6c5c([2H])c4c3c2[2H])c2c([2H])c([2H])c([2H])c3oc4c([2H])c([2H])c([2H])c([2H])c4c23)c([2H])c1[2H]. The third kappa shape index (κ3) is 3.33. The van der Waals surface area contributed by atoms with Crippen LogP contribution in [0.3, 0.4) is 0 Å². The monoisotopic (exact) mass is 546 g/mol. The second-order valence-electron chi connectivity index (χ2n) is 8.94. The lowest BCUT2D eigenvalue weighted by molar-refractivity contribution is 0.669. The molecule has 0 spiro atoms. The van der Waals surface area contributed by atoms with Crippen LogP contribution < -0.4 is 4.90 Å². The first-order valence-electron chi connectivity index (χ1n) is 22.6. The molecule has 0 aliphatic heterocycles. The van der Waals surface area contributed by atoms with Gasteiger partial charge in [-0.05, 0) is 82.0 Å². The van der Waals surface area contributed by atoms with Crippen LogP contribution in [0.5, 0.6) is 0 Å². The van der Waals surface area contributed by atoms with E-state index >= 15 is 0 Å². The average Bonchev–Trinajstić information content (AvgIpc) is 3.85. The fourth-order valence-corrected chi connectivity index (χ4v) is 4.94. The predicted octanol–water partition coefficient (Wildman–Crippen LogP) is 11.3. The average molecular weight is 547 g/mol. The van der Waals surface area contributed by atoms with Crippen molar-refractivity contribution in [2.45, 2.75) is 0 Å². The molecule has 3 nitrogen and oxygen atoms in total. The first-order chi connectivity index (χ1) is 29.1. The molecule has 192 valence electrons. The summed E-state index contributed by atoms with van der Waals surface area (Å²) in [4.78, 5) is 0.817. The number of benzene rings is 7. The van der Waals surface area contributed by atoms with E-state index < -0.39 is 182 Å². The van der Waals surface area contributed by atoms with Crippen LogP contribution in [0, 0.1) is 0 Å². The van der Waals surface area contributed by atoms with Crippen molar-refractivity contribution in [3.63, 3.8) is 0 Å². The predicted molar refractivity (Wildman–Crippen MR) is 171 cm³/mol. The number of anilines is 3. The van der Waals surface area contributed by atoms with E-state index in [0.29, 0.717) is 0 Å². The molecule has 9 rings (SSSR count). The minimum Gasteiger partial charge on any atom is -0.456 e. The molecule has 0 aliphatic carbocycles. The molecular weight excluding hydrogens is 502 g/mol. The van der Waals surface area contributed by atoms with Crippen molar-refractivity contribution in [1.29, 1.82) is 0 Å². The third-order valence-electron chi connectivity index (χ3n) is 6.68. The Balaban J connectivity index is 1.55. The number of hydrogen-bond acceptors (Lipinski definition) is 3. The van der Waals surface area contributed by atoms with E-state index in [2.05, 4.69) is 0 Å². The van der Waals surface area contributed by atoms with E-state index in [9.17, 15) is 5.48 Å². The van der Waals surface area contributed by atoms with Gasteiger partial charge < -0.3 is 13.7 Å². The molecule has 2 aromatic heterocycles. The van der Waals surface area contributed by atoms with Crippen LogP contribution in [0.15, 0.2) is 148 Å². The maximum atomic E-state index is 9.87. The van der Waals surface area contributed by atoms with Gasteiger partial charge in [0.1, 0.15) is 22.3 Å². The quantitative estimate of drug-likeness (QED) is 0.206. The Morgan fingerprint density at radius 2 is 1.12 bits per heavy atom. The van der Waals surface area contributed by atoms with Gasteiger partial charge in [0.2, 0.25) is 0 Å². The van der Waals surface area contributed by atoms with Crippen LogP contribution in [0.25, 0.3) is 65.4 Å². The van der Waals surface area contributed by atoms with Gasteiger partial charge in [0, 0.05) is 27.5 Å². The van der Waals surface area contributed by atoms with Crippen LogP contribution in [-0.4, -0.2) is 0 Å². The summed E-state index contributed by atoms with van der Waals surface area (Å²) in [5, 5.41) is -2.64. The minimum atomic E-state index is -0.901. The highest BCUT2D eigenvalue weighted by molar-refractivity contribution is 6.18. The Kier molecular flexibility index (Phi) is 2.10. The normalized spacial score (nSPS) is 19.1. The fraction of sp³-hybridized carbons (Fsp3) is 0. The van der Waals surface area contributed by atoms with Gasteiger partial charge in [0.15, 0.2) is 0 Å². The van der Waals surface area contributed by atoms with Crippen molar-refractivity contribution in [3.8, 4) is 0 Å². The molecule has 0 N–H and O–H groups in total. The lowest BCUT2D eigenvalue weighted by Crippen LogP contribution is -2.10. The molecule has 0 saturated heterocycles. The Bertz CT molecular complexity index is 3590. The lowest BCUT2D eigenvalue weighted by atomic mass is 9.98. The van der Waals surface area contributed by atoms with E-state index in [0.717, 1.165) is 11.0 Å². The Hall–Kier alpha value is -5.54. The first kappa shape index (κ1) is 10.1. The molecule has 9 aromatic rings. The summed E-state index contributed by atoms with van der Waals surface area (Å²) in [6.45, 7) is 0. The highest BCUT2D eigenvalue weighted by atomic mass is 16.3. The molecule has 0 bridgehead atoms. The molecule has 7 aromatic carbocycles. The maximum absolute atomic E-state index is 9.87.